The standard InChI is InChI=1S/C15H20F3NO/c1-10(2)11-6-12(15(16,17)18)8-14(7-11)20-13-4-5-19(3)9-13/h6-8,10,13H,4-5,9H2,1-3H3. The molecule has 1 unspecified atom stereocenters. The predicted molar refractivity (Wildman–Crippen MR) is 72.1 cm³/mol. The molecule has 1 atom stereocenters. The van der Waals surface area contributed by atoms with Crippen molar-refractivity contribution in [3.8, 4) is 5.75 Å². The summed E-state index contributed by atoms with van der Waals surface area (Å²) in [7, 11) is 1.98. The molecule has 1 aliphatic heterocycles. The molecule has 1 aromatic carbocycles. The minimum atomic E-state index is -4.34. The summed E-state index contributed by atoms with van der Waals surface area (Å²) in [6.07, 6.45) is -3.51. The quantitative estimate of drug-likeness (QED) is 0.835. The van der Waals surface area contributed by atoms with Crippen molar-refractivity contribution in [1.29, 1.82) is 0 Å². The van der Waals surface area contributed by atoms with E-state index in [2.05, 4.69) is 4.90 Å². The van der Waals surface area contributed by atoms with Crippen LogP contribution < -0.4 is 4.74 Å². The summed E-state index contributed by atoms with van der Waals surface area (Å²) in [5.74, 6) is 0.356. The molecule has 1 aliphatic rings. The molecule has 0 radical (unpaired) electrons. The highest BCUT2D eigenvalue weighted by molar-refractivity contribution is 5.37. The maximum Gasteiger partial charge on any atom is 0.416 e. The van der Waals surface area contributed by atoms with Crippen molar-refractivity contribution in [1.82, 2.24) is 4.90 Å². The molecule has 0 aromatic heterocycles. The van der Waals surface area contributed by atoms with Crippen LogP contribution in [0.1, 0.15) is 37.3 Å². The highest BCUT2D eigenvalue weighted by Crippen LogP contribution is 2.35. The molecule has 2 rings (SSSR count). The van der Waals surface area contributed by atoms with Crippen molar-refractivity contribution in [2.75, 3.05) is 20.1 Å². The number of rotatable bonds is 3. The number of alkyl halides is 3. The van der Waals surface area contributed by atoms with Crippen molar-refractivity contribution >= 4 is 0 Å². The molecule has 112 valence electrons. The Bertz CT molecular complexity index is 471. The predicted octanol–water partition coefficient (Wildman–Crippen LogP) is 3.91. The number of ether oxygens (including phenoxy) is 1. The summed E-state index contributed by atoms with van der Waals surface area (Å²) >= 11 is 0. The van der Waals surface area contributed by atoms with Gasteiger partial charge in [0.15, 0.2) is 0 Å². The van der Waals surface area contributed by atoms with Crippen LogP contribution in [0, 0.1) is 0 Å². The average molecular weight is 287 g/mol. The molecule has 0 saturated carbocycles. The molecule has 0 aliphatic carbocycles. The lowest BCUT2D eigenvalue weighted by Crippen LogP contribution is -2.21. The van der Waals surface area contributed by atoms with Crippen LogP contribution in [0.3, 0.4) is 0 Å². The second-order valence-electron chi connectivity index (χ2n) is 5.73. The van der Waals surface area contributed by atoms with Gasteiger partial charge in [0.05, 0.1) is 5.56 Å². The van der Waals surface area contributed by atoms with Crippen molar-refractivity contribution in [3.05, 3.63) is 29.3 Å². The van der Waals surface area contributed by atoms with Gasteiger partial charge >= 0.3 is 6.18 Å². The molecule has 1 aromatic rings. The third kappa shape index (κ3) is 3.66. The van der Waals surface area contributed by atoms with Crippen molar-refractivity contribution in [2.24, 2.45) is 0 Å². The van der Waals surface area contributed by atoms with E-state index in [4.69, 9.17) is 4.74 Å². The molecule has 0 bridgehead atoms. The summed E-state index contributed by atoms with van der Waals surface area (Å²) in [6, 6.07) is 4.03. The Balaban J connectivity index is 2.25. The normalized spacial score (nSPS) is 20.6. The maximum atomic E-state index is 12.9. The summed E-state index contributed by atoms with van der Waals surface area (Å²) in [5, 5.41) is 0. The van der Waals surface area contributed by atoms with Gasteiger partial charge in [0.25, 0.3) is 0 Å². The van der Waals surface area contributed by atoms with Crippen LogP contribution in [0.4, 0.5) is 13.2 Å². The second-order valence-corrected chi connectivity index (χ2v) is 5.73. The maximum absolute atomic E-state index is 12.9. The van der Waals surface area contributed by atoms with Crippen LogP contribution >= 0.6 is 0 Å². The van der Waals surface area contributed by atoms with E-state index in [0.29, 0.717) is 11.3 Å². The van der Waals surface area contributed by atoms with E-state index in [1.54, 1.807) is 6.07 Å². The van der Waals surface area contributed by atoms with Crippen LogP contribution in [0.5, 0.6) is 5.75 Å². The van der Waals surface area contributed by atoms with Gasteiger partial charge in [-0.15, -0.1) is 0 Å². The van der Waals surface area contributed by atoms with Crippen LogP contribution in [-0.2, 0) is 6.18 Å². The van der Waals surface area contributed by atoms with Gasteiger partial charge in [0.2, 0.25) is 0 Å². The third-order valence-electron chi connectivity index (χ3n) is 3.57. The van der Waals surface area contributed by atoms with Crippen molar-refractivity contribution in [2.45, 2.75) is 38.5 Å². The van der Waals surface area contributed by atoms with Gasteiger partial charge in [-0.3, -0.25) is 0 Å². The Kier molecular flexibility index (Phi) is 4.28. The first-order chi connectivity index (χ1) is 9.25. The van der Waals surface area contributed by atoms with E-state index in [-0.39, 0.29) is 12.0 Å². The molecule has 1 saturated heterocycles. The summed E-state index contributed by atoms with van der Waals surface area (Å²) in [4.78, 5) is 2.11. The van der Waals surface area contributed by atoms with Crippen LogP contribution in [0.25, 0.3) is 0 Å². The number of hydrogen-bond donors (Lipinski definition) is 0. The fourth-order valence-corrected chi connectivity index (χ4v) is 2.37. The van der Waals surface area contributed by atoms with Gasteiger partial charge in [0.1, 0.15) is 11.9 Å². The molecule has 1 heterocycles. The van der Waals surface area contributed by atoms with E-state index in [1.165, 1.54) is 6.07 Å². The first-order valence-electron chi connectivity index (χ1n) is 6.83. The smallest absolute Gasteiger partial charge is 0.416 e. The number of hydrogen-bond acceptors (Lipinski definition) is 2. The van der Waals surface area contributed by atoms with E-state index >= 15 is 0 Å². The molecular weight excluding hydrogens is 267 g/mol. The highest BCUT2D eigenvalue weighted by Gasteiger charge is 2.32. The highest BCUT2D eigenvalue weighted by atomic mass is 19.4. The van der Waals surface area contributed by atoms with Gasteiger partial charge < -0.3 is 9.64 Å². The van der Waals surface area contributed by atoms with Gasteiger partial charge in [-0.1, -0.05) is 13.8 Å². The largest absolute Gasteiger partial charge is 0.489 e. The lowest BCUT2D eigenvalue weighted by Gasteiger charge is -2.18. The fourth-order valence-electron chi connectivity index (χ4n) is 2.37. The number of halogens is 3. The van der Waals surface area contributed by atoms with Gasteiger partial charge in [0, 0.05) is 13.1 Å². The Hall–Kier alpha value is -1.23. The minimum Gasteiger partial charge on any atom is -0.489 e. The molecule has 20 heavy (non-hydrogen) atoms. The number of likely N-dealkylation sites (tertiary alicyclic amines) is 1. The molecule has 0 N–H and O–H groups in total. The van der Waals surface area contributed by atoms with Crippen LogP contribution in [0.2, 0.25) is 0 Å². The fraction of sp³-hybridized carbons (Fsp3) is 0.600. The van der Waals surface area contributed by atoms with E-state index in [1.807, 2.05) is 20.9 Å². The van der Waals surface area contributed by atoms with Crippen LogP contribution in [0.15, 0.2) is 18.2 Å². The van der Waals surface area contributed by atoms with E-state index < -0.39 is 11.7 Å². The Morgan fingerprint density at radius 3 is 2.45 bits per heavy atom. The third-order valence-corrected chi connectivity index (χ3v) is 3.57. The lowest BCUT2D eigenvalue weighted by molar-refractivity contribution is -0.137. The summed E-state index contributed by atoms with van der Waals surface area (Å²) in [5.41, 5.74) is 0.0197. The molecular formula is C15H20F3NO. The van der Waals surface area contributed by atoms with E-state index in [9.17, 15) is 13.2 Å². The Morgan fingerprint density at radius 2 is 1.95 bits per heavy atom. The van der Waals surface area contributed by atoms with Crippen molar-refractivity contribution in [3.63, 3.8) is 0 Å². The van der Waals surface area contributed by atoms with E-state index in [0.717, 1.165) is 25.6 Å². The number of benzene rings is 1. The molecule has 2 nitrogen and oxygen atoms in total. The van der Waals surface area contributed by atoms with Gasteiger partial charge in [-0.25, -0.2) is 0 Å². The Labute approximate surface area is 117 Å². The zero-order valence-electron chi connectivity index (χ0n) is 12.0. The topological polar surface area (TPSA) is 12.5 Å². The molecule has 5 heteroatoms. The van der Waals surface area contributed by atoms with Crippen LogP contribution in [-0.4, -0.2) is 31.1 Å². The second kappa shape index (κ2) is 5.64. The minimum absolute atomic E-state index is 0.0245. The van der Waals surface area contributed by atoms with Gasteiger partial charge in [-0.05, 0) is 43.1 Å². The van der Waals surface area contributed by atoms with Crippen molar-refractivity contribution < 1.29 is 17.9 Å². The first-order valence-corrected chi connectivity index (χ1v) is 6.83. The molecule has 0 spiro atoms. The zero-order chi connectivity index (χ0) is 14.9. The zero-order valence-corrected chi connectivity index (χ0v) is 12.0. The Morgan fingerprint density at radius 1 is 1.25 bits per heavy atom. The first kappa shape index (κ1) is 15.2. The van der Waals surface area contributed by atoms with Gasteiger partial charge in [-0.2, -0.15) is 13.2 Å². The number of nitrogens with zero attached hydrogens (tertiary/aromatic N) is 1. The molecule has 0 amide bonds. The average Bonchev–Trinajstić information content (AvgIpc) is 2.73. The summed E-state index contributed by atoms with van der Waals surface area (Å²) < 4.78 is 44.5. The number of likely N-dealkylation sites (N-methyl/N-ethyl adjacent to an activating group) is 1. The lowest BCUT2D eigenvalue weighted by atomic mass is 10.00. The monoisotopic (exact) mass is 287 g/mol. The molecule has 1 fully saturated rings. The SMILES string of the molecule is CC(C)c1cc(OC2CCN(C)C2)cc(C(F)(F)F)c1. The summed E-state index contributed by atoms with van der Waals surface area (Å²) in [6.45, 7) is 5.43.